The molecule has 1 heterocycles. The van der Waals surface area contributed by atoms with Crippen molar-refractivity contribution < 1.29 is 4.74 Å². The number of aromatic nitrogens is 2. The fourth-order valence-corrected chi connectivity index (χ4v) is 3.10. The van der Waals surface area contributed by atoms with Crippen LogP contribution in [0.3, 0.4) is 0 Å². The van der Waals surface area contributed by atoms with Crippen molar-refractivity contribution in [3.05, 3.63) is 40.4 Å². The lowest BCUT2D eigenvalue weighted by Crippen LogP contribution is -2.19. The minimum Gasteiger partial charge on any atom is -0.490 e. The molecule has 5 heteroatoms. The third-order valence-corrected chi connectivity index (χ3v) is 4.38. The van der Waals surface area contributed by atoms with Gasteiger partial charge in [0.1, 0.15) is 5.75 Å². The van der Waals surface area contributed by atoms with Crippen molar-refractivity contribution in [2.24, 2.45) is 5.73 Å². The molecule has 112 valence electrons. The fraction of sp³-hybridized carbons (Fsp3) is 0.500. The van der Waals surface area contributed by atoms with E-state index >= 15 is 0 Å². The molecule has 1 saturated carbocycles. The van der Waals surface area contributed by atoms with Gasteiger partial charge in [0.25, 0.3) is 0 Å². The van der Waals surface area contributed by atoms with Crippen LogP contribution in [0.25, 0.3) is 0 Å². The minimum absolute atomic E-state index is 0.0466. The molecule has 1 aromatic carbocycles. The molecule has 0 aliphatic heterocycles. The standard InChI is InChI=1S/C16H21N3OS/c1-16(2,3)15-14(21-19-18-15)13(17)10-4-6-11(7-5-10)20-12-8-9-12/h4-7,12-13H,8-9,17H2,1-3H3. The molecular formula is C16H21N3OS. The molecule has 2 N–H and O–H groups in total. The van der Waals surface area contributed by atoms with Gasteiger partial charge in [-0.3, -0.25) is 0 Å². The Balaban J connectivity index is 1.81. The van der Waals surface area contributed by atoms with Gasteiger partial charge in [0.2, 0.25) is 0 Å². The third kappa shape index (κ3) is 3.24. The zero-order valence-electron chi connectivity index (χ0n) is 12.7. The summed E-state index contributed by atoms with van der Waals surface area (Å²) in [6.45, 7) is 6.39. The highest BCUT2D eigenvalue weighted by molar-refractivity contribution is 7.05. The molecule has 1 aromatic heterocycles. The first-order valence-electron chi connectivity index (χ1n) is 7.30. The summed E-state index contributed by atoms with van der Waals surface area (Å²) in [7, 11) is 0. The van der Waals surface area contributed by atoms with E-state index in [1.54, 1.807) is 0 Å². The summed E-state index contributed by atoms with van der Waals surface area (Å²) in [4.78, 5) is 1.04. The molecule has 21 heavy (non-hydrogen) atoms. The van der Waals surface area contributed by atoms with Crippen LogP contribution < -0.4 is 10.5 Å². The minimum atomic E-state index is -0.186. The zero-order chi connectivity index (χ0) is 15.0. The highest BCUT2D eigenvalue weighted by Gasteiger charge is 2.27. The SMILES string of the molecule is CC(C)(C)c1nnsc1C(N)c1ccc(OC2CC2)cc1. The topological polar surface area (TPSA) is 61.0 Å². The lowest BCUT2D eigenvalue weighted by atomic mass is 9.89. The number of hydrogen-bond acceptors (Lipinski definition) is 5. The molecule has 3 rings (SSSR count). The molecule has 4 nitrogen and oxygen atoms in total. The Kier molecular flexibility index (Phi) is 3.71. The van der Waals surface area contributed by atoms with Crippen LogP contribution >= 0.6 is 11.5 Å². The zero-order valence-corrected chi connectivity index (χ0v) is 13.5. The summed E-state index contributed by atoms with van der Waals surface area (Å²) in [6.07, 6.45) is 2.76. The second kappa shape index (κ2) is 5.39. The first-order chi connectivity index (χ1) is 9.95. The van der Waals surface area contributed by atoms with Crippen LogP contribution in [0.1, 0.15) is 55.8 Å². The number of ether oxygens (including phenoxy) is 1. The van der Waals surface area contributed by atoms with E-state index in [1.807, 2.05) is 24.3 Å². The van der Waals surface area contributed by atoms with Gasteiger partial charge >= 0.3 is 0 Å². The third-order valence-electron chi connectivity index (χ3n) is 3.57. The van der Waals surface area contributed by atoms with Crippen molar-refractivity contribution in [3.63, 3.8) is 0 Å². The van der Waals surface area contributed by atoms with Gasteiger partial charge < -0.3 is 10.5 Å². The molecule has 0 saturated heterocycles. The summed E-state index contributed by atoms with van der Waals surface area (Å²) < 4.78 is 9.85. The smallest absolute Gasteiger partial charge is 0.119 e. The summed E-state index contributed by atoms with van der Waals surface area (Å²) >= 11 is 1.39. The number of benzene rings is 1. The van der Waals surface area contributed by atoms with Gasteiger partial charge in [0.05, 0.1) is 22.7 Å². The van der Waals surface area contributed by atoms with Crippen LogP contribution in [0.15, 0.2) is 24.3 Å². The van der Waals surface area contributed by atoms with Gasteiger partial charge in [-0.1, -0.05) is 37.4 Å². The van der Waals surface area contributed by atoms with E-state index in [9.17, 15) is 0 Å². The Morgan fingerprint density at radius 2 is 1.90 bits per heavy atom. The number of rotatable bonds is 4. The van der Waals surface area contributed by atoms with Gasteiger partial charge in [-0.2, -0.15) is 0 Å². The van der Waals surface area contributed by atoms with Crippen LogP contribution in [0.2, 0.25) is 0 Å². The quantitative estimate of drug-likeness (QED) is 0.940. The van der Waals surface area contributed by atoms with Crippen molar-refractivity contribution in [2.45, 2.75) is 51.2 Å². The van der Waals surface area contributed by atoms with E-state index in [0.29, 0.717) is 6.10 Å². The van der Waals surface area contributed by atoms with Crippen LogP contribution in [0.5, 0.6) is 5.75 Å². The Labute approximate surface area is 129 Å². The van der Waals surface area contributed by atoms with Crippen molar-refractivity contribution in [2.75, 3.05) is 0 Å². The first-order valence-corrected chi connectivity index (χ1v) is 8.07. The van der Waals surface area contributed by atoms with Crippen molar-refractivity contribution in [3.8, 4) is 5.75 Å². The normalized spacial score (nSPS) is 16.8. The average molecular weight is 303 g/mol. The Hall–Kier alpha value is -1.46. The van der Waals surface area contributed by atoms with Crippen LogP contribution in [0.4, 0.5) is 0 Å². The lowest BCUT2D eigenvalue weighted by Gasteiger charge is -2.19. The van der Waals surface area contributed by atoms with Gasteiger partial charge in [0.15, 0.2) is 0 Å². The second-order valence-corrected chi connectivity index (χ2v) is 7.39. The van der Waals surface area contributed by atoms with E-state index in [-0.39, 0.29) is 11.5 Å². The van der Waals surface area contributed by atoms with Gasteiger partial charge in [-0.05, 0) is 42.1 Å². The highest BCUT2D eigenvalue weighted by Crippen LogP contribution is 2.33. The van der Waals surface area contributed by atoms with Gasteiger partial charge in [-0.15, -0.1) is 5.10 Å². The monoisotopic (exact) mass is 303 g/mol. The first kappa shape index (κ1) is 14.5. The molecule has 1 fully saturated rings. The molecule has 0 spiro atoms. The Bertz CT molecular complexity index is 611. The average Bonchev–Trinajstić information content (AvgIpc) is 3.09. The second-order valence-electron chi connectivity index (χ2n) is 6.60. The van der Waals surface area contributed by atoms with Crippen LogP contribution in [-0.2, 0) is 5.41 Å². The Morgan fingerprint density at radius 3 is 2.48 bits per heavy atom. The van der Waals surface area contributed by atoms with E-state index < -0.39 is 0 Å². The summed E-state index contributed by atoms with van der Waals surface area (Å²) in [5, 5.41) is 4.26. The predicted octanol–water partition coefficient (Wildman–Crippen LogP) is 3.42. The molecule has 0 bridgehead atoms. The highest BCUT2D eigenvalue weighted by atomic mass is 32.1. The van der Waals surface area contributed by atoms with E-state index in [2.05, 4.69) is 30.4 Å². The Morgan fingerprint density at radius 1 is 1.24 bits per heavy atom. The molecule has 0 radical (unpaired) electrons. The molecule has 0 amide bonds. The van der Waals surface area contributed by atoms with E-state index in [1.165, 1.54) is 24.4 Å². The summed E-state index contributed by atoms with van der Waals surface area (Å²) in [5.74, 6) is 0.923. The number of hydrogen-bond donors (Lipinski definition) is 1. The van der Waals surface area contributed by atoms with Crippen LogP contribution in [0, 0.1) is 0 Å². The summed E-state index contributed by atoms with van der Waals surface area (Å²) in [5.41, 5.74) is 8.41. The molecular weight excluding hydrogens is 282 g/mol. The largest absolute Gasteiger partial charge is 0.490 e. The van der Waals surface area contributed by atoms with Crippen molar-refractivity contribution in [1.82, 2.24) is 9.59 Å². The number of nitrogens with two attached hydrogens (primary N) is 1. The van der Waals surface area contributed by atoms with E-state index in [4.69, 9.17) is 10.5 Å². The molecule has 1 aliphatic carbocycles. The maximum absolute atomic E-state index is 6.41. The van der Waals surface area contributed by atoms with Gasteiger partial charge in [0, 0.05) is 5.41 Å². The predicted molar refractivity (Wildman–Crippen MR) is 84.7 cm³/mol. The fourth-order valence-electron chi connectivity index (χ4n) is 2.20. The summed E-state index contributed by atoms with van der Waals surface area (Å²) in [6, 6.07) is 7.88. The molecule has 1 unspecified atom stereocenters. The molecule has 1 aliphatic rings. The maximum Gasteiger partial charge on any atom is 0.119 e. The van der Waals surface area contributed by atoms with Gasteiger partial charge in [-0.25, -0.2) is 0 Å². The van der Waals surface area contributed by atoms with Crippen molar-refractivity contribution in [1.29, 1.82) is 0 Å². The molecule has 1 atom stereocenters. The van der Waals surface area contributed by atoms with E-state index in [0.717, 1.165) is 21.9 Å². The number of nitrogens with zero attached hydrogens (tertiary/aromatic N) is 2. The maximum atomic E-state index is 6.41. The van der Waals surface area contributed by atoms with Crippen molar-refractivity contribution >= 4 is 11.5 Å². The van der Waals surface area contributed by atoms with Crippen LogP contribution in [-0.4, -0.2) is 15.7 Å². The lowest BCUT2D eigenvalue weighted by molar-refractivity contribution is 0.303. The molecule has 2 aromatic rings.